The molecule has 204 valence electrons. The monoisotopic (exact) mass is 528 g/mol. The van der Waals surface area contributed by atoms with Gasteiger partial charge in [-0.2, -0.15) is 0 Å². The molecule has 0 bridgehead atoms. The van der Waals surface area contributed by atoms with Gasteiger partial charge in [-0.15, -0.1) is 0 Å². The standard InChI is InChI=1S/C27H32N2O9/c1-5-37-27(34)22-20(26(33)36-4)19(25(32)35-3)21(38-22)17-13-9-10-14-18(17)24(31)28-15(2)23(30)29-16-11-7-6-8-12-16/h9-10,13-16H,5-8,11-12H2,1-4H3,(H,28,31)(H,29,30). The Labute approximate surface area is 220 Å². The molecule has 1 aliphatic carbocycles. The molecule has 1 saturated carbocycles. The molecule has 1 heterocycles. The normalized spacial score (nSPS) is 14.2. The maximum Gasteiger partial charge on any atom is 0.375 e. The van der Waals surface area contributed by atoms with Gasteiger partial charge in [0.05, 0.1) is 26.4 Å². The van der Waals surface area contributed by atoms with Gasteiger partial charge in [0.1, 0.15) is 17.2 Å². The summed E-state index contributed by atoms with van der Waals surface area (Å²) < 4.78 is 20.3. The Balaban J connectivity index is 2.00. The van der Waals surface area contributed by atoms with Crippen LogP contribution in [0.15, 0.2) is 28.7 Å². The van der Waals surface area contributed by atoms with Crippen LogP contribution in [0.5, 0.6) is 0 Å². The SMILES string of the molecule is CCOC(=O)c1oc(-c2ccccc2C(=O)NC(C)C(=O)NC2CCCCC2)c(C(=O)OC)c1C(=O)OC. The second kappa shape index (κ2) is 12.9. The number of rotatable bonds is 9. The molecule has 0 spiro atoms. The summed E-state index contributed by atoms with van der Waals surface area (Å²) in [5.74, 6) is -4.78. The molecule has 11 heteroatoms. The lowest BCUT2D eigenvalue weighted by atomic mass is 9.95. The minimum Gasteiger partial charge on any atom is -0.465 e. The number of nitrogens with one attached hydrogen (secondary N) is 2. The fourth-order valence-electron chi connectivity index (χ4n) is 4.35. The van der Waals surface area contributed by atoms with Crippen LogP contribution in [-0.2, 0) is 19.0 Å². The number of benzene rings is 1. The van der Waals surface area contributed by atoms with Gasteiger partial charge in [0.15, 0.2) is 5.76 Å². The number of methoxy groups -OCH3 is 2. The second-order valence-corrected chi connectivity index (χ2v) is 8.80. The van der Waals surface area contributed by atoms with Crippen molar-refractivity contribution in [2.45, 2.75) is 58.0 Å². The number of carbonyl (C=O) groups is 5. The number of esters is 3. The highest BCUT2D eigenvalue weighted by Crippen LogP contribution is 2.35. The summed E-state index contributed by atoms with van der Waals surface area (Å²) in [6.07, 6.45) is 5.04. The van der Waals surface area contributed by atoms with Crippen molar-refractivity contribution in [3.63, 3.8) is 0 Å². The van der Waals surface area contributed by atoms with Crippen molar-refractivity contribution < 1.29 is 42.6 Å². The van der Waals surface area contributed by atoms with E-state index in [1.54, 1.807) is 26.0 Å². The van der Waals surface area contributed by atoms with E-state index in [0.717, 1.165) is 46.3 Å². The number of carbonyl (C=O) groups excluding carboxylic acids is 5. The summed E-state index contributed by atoms with van der Waals surface area (Å²) in [5.41, 5.74) is -0.754. The summed E-state index contributed by atoms with van der Waals surface area (Å²) in [4.78, 5) is 64.0. The maximum absolute atomic E-state index is 13.3. The van der Waals surface area contributed by atoms with Gasteiger partial charge in [-0.3, -0.25) is 9.59 Å². The van der Waals surface area contributed by atoms with Gasteiger partial charge in [0.25, 0.3) is 5.91 Å². The zero-order valence-corrected chi connectivity index (χ0v) is 21.9. The Morgan fingerprint density at radius 2 is 1.58 bits per heavy atom. The molecule has 3 rings (SSSR count). The van der Waals surface area contributed by atoms with Gasteiger partial charge in [0, 0.05) is 11.6 Å². The van der Waals surface area contributed by atoms with Crippen molar-refractivity contribution >= 4 is 29.7 Å². The molecule has 2 N–H and O–H groups in total. The molecule has 0 saturated heterocycles. The van der Waals surface area contributed by atoms with Crippen molar-refractivity contribution in [2.24, 2.45) is 0 Å². The van der Waals surface area contributed by atoms with Gasteiger partial charge < -0.3 is 29.3 Å². The highest BCUT2D eigenvalue weighted by molar-refractivity contribution is 6.14. The fourth-order valence-corrected chi connectivity index (χ4v) is 4.35. The second-order valence-electron chi connectivity index (χ2n) is 8.80. The van der Waals surface area contributed by atoms with Crippen LogP contribution in [0.1, 0.15) is 87.6 Å². The number of amides is 2. The third-order valence-electron chi connectivity index (χ3n) is 6.26. The first-order valence-corrected chi connectivity index (χ1v) is 12.4. The fraction of sp³-hybridized carbons (Fsp3) is 0.444. The first-order chi connectivity index (χ1) is 18.2. The average Bonchev–Trinajstić information content (AvgIpc) is 3.33. The molecule has 11 nitrogen and oxygen atoms in total. The molecule has 1 aliphatic rings. The van der Waals surface area contributed by atoms with Crippen molar-refractivity contribution in [3.05, 3.63) is 46.7 Å². The highest BCUT2D eigenvalue weighted by Gasteiger charge is 2.37. The van der Waals surface area contributed by atoms with Crippen LogP contribution in [0.2, 0.25) is 0 Å². The van der Waals surface area contributed by atoms with Crippen LogP contribution in [0.3, 0.4) is 0 Å². The first kappa shape index (κ1) is 28.4. The van der Waals surface area contributed by atoms with Gasteiger partial charge >= 0.3 is 17.9 Å². The van der Waals surface area contributed by atoms with Crippen molar-refractivity contribution in [1.82, 2.24) is 10.6 Å². The van der Waals surface area contributed by atoms with Crippen LogP contribution in [0.25, 0.3) is 11.3 Å². The predicted molar refractivity (Wildman–Crippen MR) is 135 cm³/mol. The summed E-state index contributed by atoms with van der Waals surface area (Å²) in [6, 6.07) is 5.32. The van der Waals surface area contributed by atoms with E-state index >= 15 is 0 Å². The summed E-state index contributed by atoms with van der Waals surface area (Å²) >= 11 is 0. The molecule has 1 atom stereocenters. The van der Waals surface area contributed by atoms with Crippen molar-refractivity contribution in [1.29, 1.82) is 0 Å². The average molecular weight is 529 g/mol. The van der Waals surface area contributed by atoms with Gasteiger partial charge in [-0.25, -0.2) is 14.4 Å². The van der Waals surface area contributed by atoms with Crippen molar-refractivity contribution in [2.75, 3.05) is 20.8 Å². The third-order valence-corrected chi connectivity index (χ3v) is 6.26. The summed E-state index contributed by atoms with van der Waals surface area (Å²) in [7, 11) is 2.17. The molecule has 1 aromatic carbocycles. The van der Waals surface area contributed by atoms with E-state index in [1.807, 2.05) is 0 Å². The van der Waals surface area contributed by atoms with Crippen LogP contribution in [0, 0.1) is 0 Å². The van der Waals surface area contributed by atoms with Crippen LogP contribution in [0.4, 0.5) is 0 Å². The number of furan rings is 1. The van der Waals surface area contributed by atoms with E-state index < -0.39 is 46.7 Å². The Hall–Kier alpha value is -4.15. The Kier molecular flexibility index (Phi) is 9.64. The Morgan fingerprint density at radius 3 is 2.21 bits per heavy atom. The molecule has 0 aliphatic heterocycles. The smallest absolute Gasteiger partial charge is 0.375 e. The zero-order valence-electron chi connectivity index (χ0n) is 21.9. The molecule has 2 amide bonds. The van der Waals surface area contributed by atoms with E-state index in [0.29, 0.717) is 0 Å². The number of hydrogen-bond acceptors (Lipinski definition) is 9. The predicted octanol–water partition coefficient (Wildman–Crippen LogP) is 3.26. The van der Waals surface area contributed by atoms with E-state index in [2.05, 4.69) is 10.6 Å². The topological polar surface area (TPSA) is 150 Å². The lowest BCUT2D eigenvalue weighted by Gasteiger charge is -2.24. The van der Waals surface area contributed by atoms with Gasteiger partial charge in [-0.05, 0) is 32.8 Å². The zero-order chi connectivity index (χ0) is 27.8. The van der Waals surface area contributed by atoms with Crippen LogP contribution in [-0.4, -0.2) is 62.6 Å². The van der Waals surface area contributed by atoms with Crippen molar-refractivity contribution in [3.8, 4) is 11.3 Å². The Morgan fingerprint density at radius 1 is 0.947 bits per heavy atom. The minimum atomic E-state index is -1.03. The number of ether oxygens (including phenoxy) is 3. The Bertz CT molecular complexity index is 1210. The minimum absolute atomic E-state index is 0.0250. The molecule has 0 radical (unpaired) electrons. The molecule has 1 fully saturated rings. The first-order valence-electron chi connectivity index (χ1n) is 12.4. The number of hydrogen-bond donors (Lipinski definition) is 2. The maximum atomic E-state index is 13.3. The summed E-state index contributed by atoms with van der Waals surface area (Å²) in [6.45, 7) is 3.11. The molecule has 2 aromatic rings. The molecular formula is C27H32N2O9. The quantitative estimate of drug-likeness (QED) is 0.369. The van der Waals surface area contributed by atoms with E-state index in [-0.39, 0.29) is 35.4 Å². The molecule has 1 unspecified atom stereocenters. The van der Waals surface area contributed by atoms with Gasteiger partial charge in [0.2, 0.25) is 11.7 Å². The lowest BCUT2D eigenvalue weighted by molar-refractivity contribution is -0.123. The molecular weight excluding hydrogens is 496 g/mol. The lowest BCUT2D eigenvalue weighted by Crippen LogP contribution is -2.48. The molecule has 38 heavy (non-hydrogen) atoms. The van der Waals surface area contributed by atoms with Gasteiger partial charge in [-0.1, -0.05) is 37.5 Å². The van der Waals surface area contributed by atoms with E-state index in [4.69, 9.17) is 18.6 Å². The highest BCUT2D eigenvalue weighted by atomic mass is 16.6. The molecule has 1 aromatic heterocycles. The van der Waals surface area contributed by atoms with E-state index in [9.17, 15) is 24.0 Å². The van der Waals surface area contributed by atoms with Crippen LogP contribution < -0.4 is 10.6 Å². The van der Waals surface area contributed by atoms with E-state index in [1.165, 1.54) is 12.1 Å². The van der Waals surface area contributed by atoms with Crippen LogP contribution >= 0.6 is 0 Å². The third kappa shape index (κ3) is 6.21. The summed E-state index contributed by atoms with van der Waals surface area (Å²) in [5, 5.41) is 5.64. The largest absolute Gasteiger partial charge is 0.465 e.